The van der Waals surface area contributed by atoms with Gasteiger partial charge in [0.15, 0.2) is 11.5 Å². The summed E-state index contributed by atoms with van der Waals surface area (Å²) in [4.78, 5) is 15.0. The molecule has 1 fully saturated rings. The monoisotopic (exact) mass is 550 g/mol. The first kappa shape index (κ1) is 23.8. The SMILES string of the molecule is COc1cc(C=CC(=O)Nc2c(Br)cc(Br)cc2CN(C)C2CCCCC2)ccc1O. The fourth-order valence-corrected chi connectivity index (χ4v) is 5.36. The number of nitrogens with one attached hydrogen (secondary N) is 1. The van der Waals surface area contributed by atoms with Crippen molar-refractivity contribution in [3.63, 3.8) is 0 Å². The zero-order valence-corrected chi connectivity index (χ0v) is 21.0. The number of carbonyl (C=O) groups excluding carboxylic acids is 1. The van der Waals surface area contributed by atoms with Crippen molar-refractivity contribution < 1.29 is 14.6 Å². The van der Waals surface area contributed by atoms with Crippen molar-refractivity contribution in [1.29, 1.82) is 0 Å². The number of methoxy groups -OCH3 is 1. The molecule has 0 atom stereocenters. The third-order valence-electron chi connectivity index (χ3n) is 5.63. The van der Waals surface area contributed by atoms with E-state index in [9.17, 15) is 9.90 Å². The number of ether oxygens (including phenoxy) is 1. The summed E-state index contributed by atoms with van der Waals surface area (Å²) in [6.45, 7) is 0.761. The molecule has 166 valence electrons. The third kappa shape index (κ3) is 6.57. The summed E-state index contributed by atoms with van der Waals surface area (Å²) in [5.41, 5.74) is 2.60. The molecule has 5 nitrogen and oxygen atoms in total. The van der Waals surface area contributed by atoms with E-state index >= 15 is 0 Å². The lowest BCUT2D eigenvalue weighted by Gasteiger charge is -2.31. The highest BCUT2D eigenvalue weighted by molar-refractivity contribution is 9.11. The minimum atomic E-state index is -0.225. The average molecular weight is 552 g/mol. The van der Waals surface area contributed by atoms with Gasteiger partial charge in [-0.05, 0) is 77.3 Å². The maximum absolute atomic E-state index is 12.7. The molecule has 0 heterocycles. The number of anilines is 1. The van der Waals surface area contributed by atoms with Gasteiger partial charge in [0.2, 0.25) is 5.91 Å². The van der Waals surface area contributed by atoms with Gasteiger partial charge in [0.1, 0.15) is 0 Å². The zero-order valence-electron chi connectivity index (χ0n) is 17.8. The van der Waals surface area contributed by atoms with Gasteiger partial charge in [-0.2, -0.15) is 0 Å². The van der Waals surface area contributed by atoms with Crippen molar-refractivity contribution >= 4 is 49.5 Å². The van der Waals surface area contributed by atoms with Crippen molar-refractivity contribution in [2.75, 3.05) is 19.5 Å². The van der Waals surface area contributed by atoms with Gasteiger partial charge in [0.25, 0.3) is 0 Å². The molecular weight excluding hydrogens is 524 g/mol. The summed E-state index contributed by atoms with van der Waals surface area (Å²) in [5, 5.41) is 12.7. The average Bonchev–Trinajstić information content (AvgIpc) is 2.76. The van der Waals surface area contributed by atoms with E-state index in [1.165, 1.54) is 45.3 Å². The number of benzene rings is 2. The Bertz CT molecular complexity index is 956. The number of phenols is 1. The Morgan fingerprint density at radius 3 is 2.68 bits per heavy atom. The van der Waals surface area contributed by atoms with Crippen molar-refractivity contribution in [3.05, 3.63) is 56.5 Å². The quantitative estimate of drug-likeness (QED) is 0.394. The highest BCUT2D eigenvalue weighted by Crippen LogP contribution is 2.33. The minimum absolute atomic E-state index is 0.0645. The Morgan fingerprint density at radius 2 is 1.97 bits per heavy atom. The molecule has 2 aromatic carbocycles. The highest BCUT2D eigenvalue weighted by atomic mass is 79.9. The molecule has 1 aliphatic carbocycles. The van der Waals surface area contributed by atoms with E-state index in [4.69, 9.17) is 4.74 Å². The van der Waals surface area contributed by atoms with Crippen molar-refractivity contribution in [1.82, 2.24) is 4.90 Å². The number of halogens is 2. The first-order valence-corrected chi connectivity index (χ1v) is 12.0. The lowest BCUT2D eigenvalue weighted by molar-refractivity contribution is -0.111. The van der Waals surface area contributed by atoms with E-state index in [0.717, 1.165) is 32.3 Å². The number of hydrogen-bond acceptors (Lipinski definition) is 4. The number of rotatable bonds is 7. The number of amides is 1. The smallest absolute Gasteiger partial charge is 0.248 e. The van der Waals surface area contributed by atoms with Gasteiger partial charge in [-0.15, -0.1) is 0 Å². The largest absolute Gasteiger partial charge is 0.504 e. The maximum Gasteiger partial charge on any atom is 0.248 e. The predicted molar refractivity (Wildman–Crippen MR) is 133 cm³/mol. The molecule has 1 aliphatic rings. The van der Waals surface area contributed by atoms with Crippen LogP contribution in [0, 0.1) is 0 Å². The Morgan fingerprint density at radius 1 is 1.23 bits per heavy atom. The van der Waals surface area contributed by atoms with Gasteiger partial charge in [-0.25, -0.2) is 0 Å². The molecule has 1 saturated carbocycles. The van der Waals surface area contributed by atoms with Crippen molar-refractivity contribution in [3.8, 4) is 11.5 Å². The van der Waals surface area contributed by atoms with Crippen LogP contribution in [0.25, 0.3) is 6.08 Å². The zero-order chi connectivity index (χ0) is 22.4. The van der Waals surface area contributed by atoms with E-state index < -0.39 is 0 Å². The van der Waals surface area contributed by atoms with Gasteiger partial charge in [0.05, 0.1) is 12.8 Å². The maximum atomic E-state index is 12.7. The first-order chi connectivity index (χ1) is 14.9. The molecule has 0 spiro atoms. The van der Waals surface area contributed by atoms with Crippen LogP contribution in [-0.4, -0.2) is 36.1 Å². The summed E-state index contributed by atoms with van der Waals surface area (Å²) >= 11 is 7.18. The fourth-order valence-electron chi connectivity index (χ4n) is 3.95. The van der Waals surface area contributed by atoms with Crippen LogP contribution in [0.4, 0.5) is 5.69 Å². The molecule has 2 aromatic rings. The van der Waals surface area contributed by atoms with Crippen LogP contribution in [0.2, 0.25) is 0 Å². The summed E-state index contributed by atoms with van der Waals surface area (Å²) in [6, 6.07) is 9.53. The van der Waals surface area contributed by atoms with Crippen LogP contribution in [-0.2, 0) is 11.3 Å². The number of nitrogens with zero attached hydrogens (tertiary/aromatic N) is 1. The number of phenolic OH excluding ortho intramolecular Hbond substituents is 1. The normalized spacial score (nSPS) is 14.9. The Labute approximate surface area is 200 Å². The molecule has 31 heavy (non-hydrogen) atoms. The van der Waals surface area contributed by atoms with Crippen molar-refractivity contribution in [2.24, 2.45) is 0 Å². The van der Waals surface area contributed by atoms with Crippen LogP contribution in [0.1, 0.15) is 43.2 Å². The number of aromatic hydroxyl groups is 1. The molecule has 0 saturated heterocycles. The second-order valence-electron chi connectivity index (χ2n) is 7.88. The summed E-state index contributed by atoms with van der Waals surface area (Å²) in [6.07, 6.45) is 9.53. The van der Waals surface area contributed by atoms with Gasteiger partial charge < -0.3 is 15.2 Å². The second-order valence-corrected chi connectivity index (χ2v) is 9.65. The Kier molecular flexibility index (Phi) is 8.58. The summed E-state index contributed by atoms with van der Waals surface area (Å²) < 4.78 is 6.92. The molecule has 3 rings (SSSR count). The van der Waals surface area contributed by atoms with Gasteiger partial charge in [0, 0.05) is 27.6 Å². The second kappa shape index (κ2) is 11.2. The summed E-state index contributed by atoms with van der Waals surface area (Å²) in [7, 11) is 3.65. The molecule has 1 amide bonds. The van der Waals surface area contributed by atoms with E-state index in [1.54, 1.807) is 24.3 Å². The van der Waals surface area contributed by atoms with E-state index in [0.29, 0.717) is 11.8 Å². The van der Waals surface area contributed by atoms with E-state index in [1.807, 2.05) is 6.07 Å². The lowest BCUT2D eigenvalue weighted by atomic mass is 9.94. The van der Waals surface area contributed by atoms with Crippen LogP contribution in [0.15, 0.2) is 45.4 Å². The molecule has 0 aliphatic heterocycles. The molecular formula is C24H28Br2N2O3. The topological polar surface area (TPSA) is 61.8 Å². The van der Waals surface area contributed by atoms with Crippen LogP contribution in [0.3, 0.4) is 0 Å². The number of hydrogen-bond donors (Lipinski definition) is 2. The van der Waals surface area contributed by atoms with Gasteiger partial charge in [-0.3, -0.25) is 9.69 Å². The van der Waals surface area contributed by atoms with E-state index in [2.05, 4.69) is 55.2 Å². The molecule has 0 bridgehead atoms. The predicted octanol–water partition coefficient (Wildman–Crippen LogP) is 6.34. The molecule has 0 radical (unpaired) electrons. The summed E-state index contributed by atoms with van der Waals surface area (Å²) in [5.74, 6) is 0.206. The van der Waals surface area contributed by atoms with Crippen LogP contribution >= 0.6 is 31.9 Å². The molecule has 2 N–H and O–H groups in total. The minimum Gasteiger partial charge on any atom is -0.504 e. The Hall–Kier alpha value is -1.83. The van der Waals surface area contributed by atoms with Gasteiger partial charge in [-0.1, -0.05) is 41.3 Å². The lowest BCUT2D eigenvalue weighted by Crippen LogP contribution is -2.33. The first-order valence-electron chi connectivity index (χ1n) is 10.4. The number of carbonyl (C=O) groups is 1. The molecule has 0 aromatic heterocycles. The van der Waals surface area contributed by atoms with Crippen molar-refractivity contribution in [2.45, 2.75) is 44.7 Å². The third-order valence-corrected chi connectivity index (χ3v) is 6.72. The van der Waals surface area contributed by atoms with Crippen LogP contribution < -0.4 is 10.1 Å². The standard InChI is InChI=1S/C24H28Br2N2O3/c1-28(19-6-4-3-5-7-19)15-17-13-18(25)14-20(26)24(17)27-23(30)11-9-16-8-10-21(29)22(12-16)31-2/h8-14,19,29H,3-7,15H2,1-2H3,(H,27,30). The fraction of sp³-hybridized carbons (Fsp3) is 0.375. The van der Waals surface area contributed by atoms with Crippen LogP contribution in [0.5, 0.6) is 11.5 Å². The highest BCUT2D eigenvalue weighted by Gasteiger charge is 2.20. The molecule has 0 unspecified atom stereocenters. The molecule has 7 heteroatoms. The van der Waals surface area contributed by atoms with E-state index in [-0.39, 0.29) is 11.7 Å². The Balaban J connectivity index is 1.74. The van der Waals surface area contributed by atoms with Gasteiger partial charge >= 0.3 is 0 Å².